The molecule has 3 N–H and O–H groups in total. The van der Waals surface area contributed by atoms with Crippen LogP contribution in [0.1, 0.15) is 5.56 Å². The maximum Gasteiger partial charge on any atom is 0.276 e. The van der Waals surface area contributed by atoms with Gasteiger partial charge >= 0.3 is 0 Å². The highest BCUT2D eigenvalue weighted by Gasteiger charge is 2.11. The Bertz CT molecular complexity index is 1160. The summed E-state index contributed by atoms with van der Waals surface area (Å²) in [5.41, 5.74) is 5.90. The maximum absolute atomic E-state index is 12.1. The number of hydrazine groups is 1. The second-order valence-electron chi connectivity index (χ2n) is 6.68. The highest BCUT2D eigenvalue weighted by atomic mass is 79.9. The van der Waals surface area contributed by atoms with Gasteiger partial charge in [0.2, 0.25) is 0 Å². The van der Waals surface area contributed by atoms with Crippen molar-refractivity contribution in [3.05, 3.63) is 69.1 Å². The zero-order valence-electron chi connectivity index (χ0n) is 16.9. The summed E-state index contributed by atoms with van der Waals surface area (Å²) in [7, 11) is 0. The van der Waals surface area contributed by atoms with E-state index in [-0.39, 0.29) is 18.3 Å². The average molecular weight is 581 g/mol. The van der Waals surface area contributed by atoms with E-state index in [9.17, 15) is 9.59 Å². The van der Waals surface area contributed by atoms with Crippen molar-refractivity contribution < 1.29 is 19.1 Å². The summed E-state index contributed by atoms with van der Waals surface area (Å²) < 4.78 is 12.7. The molecule has 0 saturated carbocycles. The zero-order valence-corrected chi connectivity index (χ0v) is 20.9. The number of fused-ring (bicyclic) bond motifs is 1. The molecule has 3 aromatic carbocycles. The quantitative estimate of drug-likeness (QED) is 0.300. The topological polar surface area (TPSA) is 88.7 Å². The van der Waals surface area contributed by atoms with Gasteiger partial charge < -0.3 is 9.47 Å². The van der Waals surface area contributed by atoms with E-state index in [2.05, 4.69) is 48.0 Å². The molecule has 166 valence electrons. The molecule has 32 heavy (non-hydrogen) atoms. The highest BCUT2D eigenvalue weighted by molar-refractivity contribution is 9.11. The number of carbonyl (C=O) groups excluding carboxylic acids is 2. The van der Waals surface area contributed by atoms with Crippen LogP contribution in [-0.2, 0) is 9.59 Å². The fourth-order valence-corrected chi connectivity index (χ4v) is 3.79. The van der Waals surface area contributed by atoms with Crippen LogP contribution >= 0.6 is 44.1 Å². The number of thiocarbonyl (C=S) groups is 1. The number of benzene rings is 3. The Morgan fingerprint density at radius 1 is 0.906 bits per heavy atom. The van der Waals surface area contributed by atoms with Gasteiger partial charge in [-0.05, 0) is 76.2 Å². The number of hydrogen-bond donors (Lipinski definition) is 3. The molecule has 3 rings (SSSR count). The fraction of sp³-hybridized carbons (Fsp3) is 0.136. The van der Waals surface area contributed by atoms with Crippen LogP contribution < -0.4 is 25.6 Å². The van der Waals surface area contributed by atoms with Crippen LogP contribution in [0.25, 0.3) is 10.8 Å². The van der Waals surface area contributed by atoms with Crippen molar-refractivity contribution in [1.29, 1.82) is 0 Å². The highest BCUT2D eigenvalue weighted by Crippen LogP contribution is 2.34. The summed E-state index contributed by atoms with van der Waals surface area (Å²) in [6.45, 7) is 1.50. The summed E-state index contributed by atoms with van der Waals surface area (Å²) in [4.78, 5) is 24.0. The predicted octanol–water partition coefficient (Wildman–Crippen LogP) is 4.15. The van der Waals surface area contributed by atoms with Gasteiger partial charge in [0.1, 0.15) is 11.5 Å². The van der Waals surface area contributed by atoms with Gasteiger partial charge in [0.15, 0.2) is 18.3 Å². The molecule has 0 aliphatic rings. The van der Waals surface area contributed by atoms with Crippen molar-refractivity contribution in [3.63, 3.8) is 0 Å². The molecule has 3 aromatic rings. The predicted molar refractivity (Wildman–Crippen MR) is 134 cm³/mol. The monoisotopic (exact) mass is 579 g/mol. The average Bonchev–Trinajstić information content (AvgIpc) is 2.76. The van der Waals surface area contributed by atoms with Gasteiger partial charge in [0.05, 0.1) is 4.47 Å². The summed E-state index contributed by atoms with van der Waals surface area (Å²) in [6.07, 6.45) is 0. The first-order chi connectivity index (χ1) is 15.3. The lowest BCUT2D eigenvalue weighted by Gasteiger charge is -2.13. The number of hydrogen-bond acceptors (Lipinski definition) is 5. The summed E-state index contributed by atoms with van der Waals surface area (Å²) in [5, 5.41) is 4.34. The van der Waals surface area contributed by atoms with Crippen molar-refractivity contribution in [2.24, 2.45) is 0 Å². The Hall–Kier alpha value is -2.69. The van der Waals surface area contributed by atoms with Gasteiger partial charge in [-0.2, -0.15) is 0 Å². The van der Waals surface area contributed by atoms with E-state index in [1.807, 2.05) is 43.3 Å². The van der Waals surface area contributed by atoms with E-state index in [1.54, 1.807) is 18.2 Å². The van der Waals surface area contributed by atoms with Crippen LogP contribution in [0.2, 0.25) is 0 Å². The lowest BCUT2D eigenvalue weighted by Crippen LogP contribution is -2.50. The molecule has 7 nitrogen and oxygen atoms in total. The van der Waals surface area contributed by atoms with Gasteiger partial charge in [0.25, 0.3) is 11.8 Å². The standard InChI is InChI=1S/C22H19Br2N3O4S/c1-13-2-6-16(7-3-13)30-12-20(29)26-27-22(32)25-19(28)11-31-18-9-4-14-10-15(23)5-8-17(14)21(18)24/h2-10H,11-12H2,1H3,(H,26,29)(H2,25,27,28,32). The number of aryl methyl sites for hydroxylation is 1. The van der Waals surface area contributed by atoms with Crippen LogP contribution in [-0.4, -0.2) is 30.1 Å². The van der Waals surface area contributed by atoms with Gasteiger partial charge in [0, 0.05) is 4.47 Å². The molecule has 0 spiro atoms. The van der Waals surface area contributed by atoms with Crippen molar-refractivity contribution in [2.75, 3.05) is 13.2 Å². The molecule has 2 amide bonds. The van der Waals surface area contributed by atoms with Crippen molar-refractivity contribution >= 4 is 71.8 Å². The van der Waals surface area contributed by atoms with Crippen LogP contribution in [0.4, 0.5) is 0 Å². The second-order valence-corrected chi connectivity index (χ2v) is 8.80. The molecule has 10 heteroatoms. The van der Waals surface area contributed by atoms with Gasteiger partial charge in [-0.15, -0.1) is 0 Å². The van der Waals surface area contributed by atoms with E-state index in [0.717, 1.165) is 25.3 Å². The number of amides is 2. The Morgan fingerprint density at radius 2 is 1.62 bits per heavy atom. The fourth-order valence-electron chi connectivity index (χ4n) is 2.64. The molecular formula is C22H19Br2N3O4S. The molecule has 0 aliphatic heterocycles. The Balaban J connectivity index is 1.41. The normalized spacial score (nSPS) is 10.3. The van der Waals surface area contributed by atoms with Crippen LogP contribution in [0.3, 0.4) is 0 Å². The Kier molecular flexibility index (Phi) is 8.43. The minimum Gasteiger partial charge on any atom is -0.484 e. The number of carbonyl (C=O) groups is 2. The van der Waals surface area contributed by atoms with Crippen molar-refractivity contribution in [1.82, 2.24) is 16.2 Å². The minimum absolute atomic E-state index is 0.0651. The first-order valence-corrected chi connectivity index (χ1v) is 11.4. The molecule has 0 fully saturated rings. The Morgan fingerprint density at radius 3 is 2.38 bits per heavy atom. The van der Waals surface area contributed by atoms with Crippen LogP contribution in [0.5, 0.6) is 11.5 Å². The lowest BCUT2D eigenvalue weighted by molar-refractivity contribution is -0.124. The number of nitrogens with one attached hydrogen (secondary N) is 3. The smallest absolute Gasteiger partial charge is 0.276 e. The van der Waals surface area contributed by atoms with Crippen molar-refractivity contribution in [3.8, 4) is 11.5 Å². The molecule has 0 aromatic heterocycles. The third kappa shape index (κ3) is 6.91. The Labute approximate surface area is 207 Å². The molecular weight excluding hydrogens is 562 g/mol. The van der Waals surface area contributed by atoms with Gasteiger partial charge in [-0.25, -0.2) is 0 Å². The SMILES string of the molecule is Cc1ccc(OCC(=O)NNC(=S)NC(=O)COc2ccc3cc(Br)ccc3c2Br)cc1. The number of rotatable bonds is 6. The first-order valence-electron chi connectivity index (χ1n) is 9.40. The second kappa shape index (κ2) is 11.3. The van der Waals surface area contributed by atoms with E-state index in [0.29, 0.717) is 11.5 Å². The molecule has 0 unspecified atom stereocenters. The number of halogens is 2. The molecule has 0 atom stereocenters. The summed E-state index contributed by atoms with van der Waals surface area (Å²) in [6, 6.07) is 16.8. The van der Waals surface area contributed by atoms with Gasteiger partial charge in [-0.1, -0.05) is 45.8 Å². The number of ether oxygens (including phenoxy) is 2. The van der Waals surface area contributed by atoms with E-state index in [4.69, 9.17) is 21.7 Å². The summed E-state index contributed by atoms with van der Waals surface area (Å²) >= 11 is 12.0. The molecule has 0 radical (unpaired) electrons. The van der Waals surface area contributed by atoms with Gasteiger partial charge in [-0.3, -0.25) is 25.8 Å². The largest absolute Gasteiger partial charge is 0.484 e. The zero-order chi connectivity index (χ0) is 23.1. The minimum atomic E-state index is -0.476. The molecule has 0 aliphatic carbocycles. The van der Waals surface area contributed by atoms with Crippen LogP contribution in [0, 0.1) is 6.92 Å². The maximum atomic E-state index is 12.1. The molecule has 0 bridgehead atoms. The summed E-state index contributed by atoms with van der Waals surface area (Å²) in [5.74, 6) is 0.169. The van der Waals surface area contributed by atoms with Crippen molar-refractivity contribution in [2.45, 2.75) is 6.92 Å². The van der Waals surface area contributed by atoms with E-state index in [1.165, 1.54) is 0 Å². The van der Waals surface area contributed by atoms with E-state index < -0.39 is 11.8 Å². The first kappa shape index (κ1) is 24.0. The molecule has 0 saturated heterocycles. The van der Waals surface area contributed by atoms with E-state index >= 15 is 0 Å². The third-order valence-electron chi connectivity index (χ3n) is 4.20. The molecule has 0 heterocycles. The third-order valence-corrected chi connectivity index (χ3v) is 5.71. The lowest BCUT2D eigenvalue weighted by atomic mass is 10.1. The van der Waals surface area contributed by atoms with Crippen LogP contribution in [0.15, 0.2) is 63.5 Å².